The van der Waals surface area contributed by atoms with Gasteiger partial charge in [0.1, 0.15) is 6.04 Å². The zero-order chi connectivity index (χ0) is 17.4. The lowest BCUT2D eigenvalue weighted by molar-refractivity contribution is -0.129. The molecule has 5 heteroatoms. The lowest BCUT2D eigenvalue weighted by atomic mass is 10.0. The van der Waals surface area contributed by atoms with Crippen LogP contribution in [0.4, 0.5) is 0 Å². The molecule has 1 aromatic rings. The molecule has 1 fully saturated rings. The summed E-state index contributed by atoms with van der Waals surface area (Å²) in [5, 5.41) is 9.19. The van der Waals surface area contributed by atoms with Gasteiger partial charge in [-0.05, 0) is 43.3 Å². The van der Waals surface area contributed by atoms with Crippen LogP contribution >= 0.6 is 0 Å². The first-order chi connectivity index (χ1) is 11.6. The molecule has 1 aliphatic heterocycles. The average Bonchev–Trinajstić information content (AvgIpc) is 3.06. The molecule has 132 valence electrons. The highest BCUT2D eigenvalue weighted by Gasteiger charge is 2.24. The summed E-state index contributed by atoms with van der Waals surface area (Å²) in [5.41, 5.74) is 0.951. The molecule has 2 amide bonds. The second-order valence-electron chi connectivity index (χ2n) is 6.89. The number of hydrogen-bond acceptors (Lipinski definition) is 3. The first-order valence-electron chi connectivity index (χ1n) is 8.88. The standard InChI is InChI=1S/C19H29N3O2/c1-14(2)18(19(24)21-11-9-16-8-10-20-13-16)22-17(23)12-15-6-4-3-5-7-15/h3-7,14,16,18,20H,8-13H2,1-2H3,(H,21,24)(H,22,23). The van der Waals surface area contributed by atoms with Crippen LogP contribution in [0.3, 0.4) is 0 Å². The Morgan fingerprint density at radius 2 is 2.00 bits per heavy atom. The van der Waals surface area contributed by atoms with Crippen molar-refractivity contribution in [1.82, 2.24) is 16.0 Å². The number of amides is 2. The van der Waals surface area contributed by atoms with Gasteiger partial charge in [-0.1, -0.05) is 44.2 Å². The number of carbonyl (C=O) groups excluding carboxylic acids is 2. The van der Waals surface area contributed by atoms with E-state index in [-0.39, 0.29) is 17.7 Å². The highest BCUT2D eigenvalue weighted by molar-refractivity contribution is 5.88. The molecule has 3 N–H and O–H groups in total. The van der Waals surface area contributed by atoms with E-state index in [4.69, 9.17) is 0 Å². The Morgan fingerprint density at radius 3 is 2.62 bits per heavy atom. The van der Waals surface area contributed by atoms with Gasteiger partial charge in [0.25, 0.3) is 0 Å². The Hall–Kier alpha value is -1.88. The van der Waals surface area contributed by atoms with Gasteiger partial charge in [-0.3, -0.25) is 9.59 Å². The molecular weight excluding hydrogens is 302 g/mol. The molecule has 2 rings (SSSR count). The van der Waals surface area contributed by atoms with Crippen molar-refractivity contribution >= 4 is 11.8 Å². The van der Waals surface area contributed by atoms with Crippen molar-refractivity contribution < 1.29 is 9.59 Å². The molecule has 24 heavy (non-hydrogen) atoms. The Labute approximate surface area is 144 Å². The van der Waals surface area contributed by atoms with E-state index in [1.54, 1.807) is 0 Å². The summed E-state index contributed by atoms with van der Waals surface area (Å²) in [5.74, 6) is 0.501. The van der Waals surface area contributed by atoms with E-state index >= 15 is 0 Å². The fourth-order valence-corrected chi connectivity index (χ4v) is 3.01. The van der Waals surface area contributed by atoms with Crippen LogP contribution in [0.15, 0.2) is 30.3 Å². The van der Waals surface area contributed by atoms with Gasteiger partial charge in [-0.15, -0.1) is 0 Å². The third kappa shape index (κ3) is 5.96. The normalized spacial score (nSPS) is 18.4. The first-order valence-corrected chi connectivity index (χ1v) is 8.88. The molecule has 1 aliphatic rings. The van der Waals surface area contributed by atoms with Gasteiger partial charge in [0, 0.05) is 6.54 Å². The number of nitrogens with one attached hydrogen (secondary N) is 3. The lowest BCUT2D eigenvalue weighted by Crippen LogP contribution is -2.50. The zero-order valence-corrected chi connectivity index (χ0v) is 14.7. The van der Waals surface area contributed by atoms with Gasteiger partial charge in [0.15, 0.2) is 0 Å². The average molecular weight is 331 g/mol. The smallest absolute Gasteiger partial charge is 0.242 e. The summed E-state index contributed by atoms with van der Waals surface area (Å²) in [6.45, 7) is 6.69. The lowest BCUT2D eigenvalue weighted by Gasteiger charge is -2.22. The third-order valence-electron chi connectivity index (χ3n) is 4.49. The Morgan fingerprint density at radius 1 is 1.25 bits per heavy atom. The Kier molecular flexibility index (Phi) is 7.25. The molecule has 0 bridgehead atoms. The van der Waals surface area contributed by atoms with E-state index in [0.717, 1.165) is 25.1 Å². The van der Waals surface area contributed by atoms with Crippen LogP contribution in [0.25, 0.3) is 0 Å². The summed E-state index contributed by atoms with van der Waals surface area (Å²) in [6, 6.07) is 9.09. The second kappa shape index (κ2) is 9.42. The van der Waals surface area contributed by atoms with Crippen molar-refractivity contribution in [3.8, 4) is 0 Å². The summed E-state index contributed by atoms with van der Waals surface area (Å²) < 4.78 is 0. The number of rotatable bonds is 8. The van der Waals surface area contributed by atoms with Crippen LogP contribution in [0.2, 0.25) is 0 Å². The molecular formula is C19H29N3O2. The van der Waals surface area contributed by atoms with Crippen molar-refractivity contribution in [2.75, 3.05) is 19.6 Å². The summed E-state index contributed by atoms with van der Waals surface area (Å²) >= 11 is 0. The van der Waals surface area contributed by atoms with Crippen molar-refractivity contribution in [3.05, 3.63) is 35.9 Å². The third-order valence-corrected chi connectivity index (χ3v) is 4.49. The first kappa shape index (κ1) is 18.5. The van der Waals surface area contributed by atoms with Gasteiger partial charge in [-0.2, -0.15) is 0 Å². The van der Waals surface area contributed by atoms with Gasteiger partial charge >= 0.3 is 0 Å². The topological polar surface area (TPSA) is 70.2 Å². The van der Waals surface area contributed by atoms with Crippen molar-refractivity contribution in [3.63, 3.8) is 0 Å². The molecule has 0 aliphatic carbocycles. The van der Waals surface area contributed by atoms with Crippen LogP contribution < -0.4 is 16.0 Å². The Bertz CT molecular complexity index is 525. The number of hydrogen-bond donors (Lipinski definition) is 3. The quantitative estimate of drug-likeness (QED) is 0.676. The summed E-state index contributed by atoms with van der Waals surface area (Å²) in [6.07, 6.45) is 2.46. The molecule has 5 nitrogen and oxygen atoms in total. The van der Waals surface area contributed by atoms with Crippen LogP contribution in [-0.4, -0.2) is 37.5 Å². The maximum absolute atomic E-state index is 12.4. The van der Waals surface area contributed by atoms with E-state index in [1.165, 1.54) is 6.42 Å². The number of benzene rings is 1. The minimum absolute atomic E-state index is 0.0536. The zero-order valence-electron chi connectivity index (χ0n) is 14.7. The Balaban J connectivity index is 1.79. The highest BCUT2D eigenvalue weighted by Crippen LogP contribution is 2.11. The van der Waals surface area contributed by atoms with Crippen LogP contribution in [0.5, 0.6) is 0 Å². The molecule has 1 saturated heterocycles. The van der Waals surface area contributed by atoms with Crippen LogP contribution in [0.1, 0.15) is 32.3 Å². The second-order valence-corrected chi connectivity index (χ2v) is 6.89. The fraction of sp³-hybridized carbons (Fsp3) is 0.579. The van der Waals surface area contributed by atoms with Crippen molar-refractivity contribution in [2.24, 2.45) is 11.8 Å². The van der Waals surface area contributed by atoms with Crippen molar-refractivity contribution in [1.29, 1.82) is 0 Å². The molecule has 0 radical (unpaired) electrons. The minimum Gasteiger partial charge on any atom is -0.354 e. The van der Waals surface area contributed by atoms with E-state index in [1.807, 2.05) is 44.2 Å². The largest absolute Gasteiger partial charge is 0.354 e. The van der Waals surface area contributed by atoms with Crippen LogP contribution in [0, 0.1) is 11.8 Å². The molecule has 2 unspecified atom stereocenters. The predicted octanol–water partition coefficient (Wildman–Crippen LogP) is 1.49. The molecule has 1 aromatic carbocycles. The SMILES string of the molecule is CC(C)C(NC(=O)Cc1ccccc1)C(=O)NCCC1CCNC1. The van der Waals surface area contributed by atoms with E-state index in [9.17, 15) is 9.59 Å². The van der Waals surface area contributed by atoms with Crippen molar-refractivity contribution in [2.45, 2.75) is 39.2 Å². The number of carbonyl (C=O) groups is 2. The monoisotopic (exact) mass is 331 g/mol. The maximum Gasteiger partial charge on any atom is 0.242 e. The van der Waals surface area contributed by atoms with E-state index in [2.05, 4.69) is 16.0 Å². The van der Waals surface area contributed by atoms with Gasteiger partial charge < -0.3 is 16.0 Å². The molecule has 2 atom stereocenters. The fourth-order valence-electron chi connectivity index (χ4n) is 3.01. The van der Waals surface area contributed by atoms with Gasteiger partial charge in [-0.25, -0.2) is 0 Å². The maximum atomic E-state index is 12.4. The minimum atomic E-state index is -0.483. The molecule has 0 aromatic heterocycles. The molecule has 0 spiro atoms. The van der Waals surface area contributed by atoms with Crippen LogP contribution in [-0.2, 0) is 16.0 Å². The van der Waals surface area contributed by atoms with E-state index < -0.39 is 6.04 Å². The molecule has 1 heterocycles. The summed E-state index contributed by atoms with van der Waals surface area (Å²) in [7, 11) is 0. The van der Waals surface area contributed by atoms with Gasteiger partial charge in [0.2, 0.25) is 11.8 Å². The summed E-state index contributed by atoms with van der Waals surface area (Å²) in [4.78, 5) is 24.6. The molecule has 0 saturated carbocycles. The van der Waals surface area contributed by atoms with Gasteiger partial charge in [0.05, 0.1) is 6.42 Å². The van der Waals surface area contributed by atoms with E-state index in [0.29, 0.717) is 18.9 Å². The highest BCUT2D eigenvalue weighted by atomic mass is 16.2. The predicted molar refractivity (Wildman–Crippen MR) is 95.5 cm³/mol.